The number of nitrogens with zero attached hydrogens (tertiary/aromatic N) is 1. The molecule has 0 aliphatic rings. The molecule has 1 heterocycles. The van der Waals surface area contributed by atoms with E-state index in [0.717, 1.165) is 30.8 Å². The van der Waals surface area contributed by atoms with Crippen molar-refractivity contribution >= 4 is 0 Å². The molecular formula is C10H18N2O. The Balaban J connectivity index is 2.48. The van der Waals surface area contributed by atoms with Crippen LogP contribution in [0.5, 0.6) is 0 Å². The Hall–Kier alpha value is -0.830. The van der Waals surface area contributed by atoms with Crippen molar-refractivity contribution in [1.29, 1.82) is 0 Å². The zero-order valence-corrected chi connectivity index (χ0v) is 8.63. The van der Waals surface area contributed by atoms with Crippen LogP contribution in [-0.4, -0.2) is 18.1 Å². The standard InChI is InChI=1S/C10H18N2O/c1-4-5-10-12-9(7-13-10)6-8(2)11-3/h7-8,11H,4-6H2,1-3H3. The molecule has 3 nitrogen and oxygen atoms in total. The summed E-state index contributed by atoms with van der Waals surface area (Å²) < 4.78 is 5.31. The first-order valence-corrected chi connectivity index (χ1v) is 4.86. The zero-order chi connectivity index (χ0) is 9.68. The second-order valence-corrected chi connectivity index (χ2v) is 3.38. The molecule has 0 aromatic carbocycles. The lowest BCUT2D eigenvalue weighted by Gasteiger charge is -2.05. The van der Waals surface area contributed by atoms with Crippen molar-refractivity contribution in [3.8, 4) is 0 Å². The maximum absolute atomic E-state index is 5.31. The highest BCUT2D eigenvalue weighted by Crippen LogP contribution is 2.06. The van der Waals surface area contributed by atoms with Crippen molar-refractivity contribution in [2.24, 2.45) is 0 Å². The molecule has 1 rings (SSSR count). The molecule has 0 radical (unpaired) electrons. The van der Waals surface area contributed by atoms with Crippen LogP contribution in [0.3, 0.4) is 0 Å². The van der Waals surface area contributed by atoms with Crippen molar-refractivity contribution in [3.05, 3.63) is 17.8 Å². The number of rotatable bonds is 5. The predicted molar refractivity (Wildman–Crippen MR) is 52.7 cm³/mol. The van der Waals surface area contributed by atoms with E-state index in [1.807, 2.05) is 7.05 Å². The van der Waals surface area contributed by atoms with Gasteiger partial charge in [0.25, 0.3) is 0 Å². The van der Waals surface area contributed by atoms with Crippen LogP contribution in [0.4, 0.5) is 0 Å². The molecule has 0 saturated heterocycles. The van der Waals surface area contributed by atoms with Crippen LogP contribution in [0.25, 0.3) is 0 Å². The molecule has 13 heavy (non-hydrogen) atoms. The summed E-state index contributed by atoms with van der Waals surface area (Å²) in [7, 11) is 1.96. The van der Waals surface area contributed by atoms with Crippen LogP contribution >= 0.6 is 0 Å². The minimum atomic E-state index is 0.458. The maximum Gasteiger partial charge on any atom is 0.194 e. The summed E-state index contributed by atoms with van der Waals surface area (Å²) in [6.07, 6.45) is 4.72. The molecule has 0 amide bonds. The smallest absolute Gasteiger partial charge is 0.194 e. The SMILES string of the molecule is CCCc1nc(CC(C)NC)co1. The third-order valence-corrected chi connectivity index (χ3v) is 2.07. The fraction of sp³-hybridized carbons (Fsp3) is 0.700. The van der Waals surface area contributed by atoms with Crippen molar-refractivity contribution in [2.75, 3.05) is 7.05 Å². The van der Waals surface area contributed by atoms with E-state index >= 15 is 0 Å². The monoisotopic (exact) mass is 182 g/mol. The Kier molecular flexibility index (Phi) is 3.96. The number of hydrogen-bond acceptors (Lipinski definition) is 3. The van der Waals surface area contributed by atoms with Gasteiger partial charge in [-0.3, -0.25) is 0 Å². The number of aromatic nitrogens is 1. The first-order valence-electron chi connectivity index (χ1n) is 4.86. The number of likely N-dealkylation sites (N-methyl/N-ethyl adjacent to an activating group) is 1. The van der Waals surface area contributed by atoms with Crippen molar-refractivity contribution in [1.82, 2.24) is 10.3 Å². The van der Waals surface area contributed by atoms with Crippen molar-refractivity contribution in [3.63, 3.8) is 0 Å². The van der Waals surface area contributed by atoms with Crippen LogP contribution < -0.4 is 5.32 Å². The van der Waals surface area contributed by atoms with Gasteiger partial charge in [-0.25, -0.2) is 4.98 Å². The van der Waals surface area contributed by atoms with Crippen LogP contribution in [-0.2, 0) is 12.8 Å². The van der Waals surface area contributed by atoms with E-state index in [9.17, 15) is 0 Å². The second kappa shape index (κ2) is 5.02. The summed E-state index contributed by atoms with van der Waals surface area (Å²) in [5, 5.41) is 3.17. The quantitative estimate of drug-likeness (QED) is 0.754. The Morgan fingerprint density at radius 1 is 1.62 bits per heavy atom. The Morgan fingerprint density at radius 3 is 3.00 bits per heavy atom. The van der Waals surface area contributed by atoms with Crippen LogP contribution in [0.1, 0.15) is 31.9 Å². The van der Waals surface area contributed by atoms with Gasteiger partial charge in [0.1, 0.15) is 6.26 Å². The van der Waals surface area contributed by atoms with Gasteiger partial charge in [0.05, 0.1) is 5.69 Å². The van der Waals surface area contributed by atoms with E-state index in [-0.39, 0.29) is 0 Å². The molecule has 1 unspecified atom stereocenters. The third-order valence-electron chi connectivity index (χ3n) is 2.07. The Bertz CT molecular complexity index is 245. The van der Waals surface area contributed by atoms with Crippen LogP contribution in [0.15, 0.2) is 10.7 Å². The molecule has 1 aromatic heterocycles. The number of oxazole rings is 1. The topological polar surface area (TPSA) is 38.1 Å². The van der Waals surface area contributed by atoms with E-state index < -0.39 is 0 Å². The minimum absolute atomic E-state index is 0.458. The average Bonchev–Trinajstić information content (AvgIpc) is 2.53. The summed E-state index contributed by atoms with van der Waals surface area (Å²) in [5.74, 6) is 0.862. The summed E-state index contributed by atoms with van der Waals surface area (Å²) in [4.78, 5) is 4.38. The lowest BCUT2D eigenvalue weighted by Crippen LogP contribution is -2.23. The molecular weight excluding hydrogens is 164 g/mol. The molecule has 0 saturated carbocycles. The lowest BCUT2D eigenvalue weighted by molar-refractivity contribution is 0.490. The summed E-state index contributed by atoms with van der Waals surface area (Å²) in [6.45, 7) is 4.26. The fourth-order valence-corrected chi connectivity index (χ4v) is 1.19. The summed E-state index contributed by atoms with van der Waals surface area (Å²) >= 11 is 0. The van der Waals surface area contributed by atoms with Gasteiger partial charge >= 0.3 is 0 Å². The van der Waals surface area contributed by atoms with Gasteiger partial charge in [0.2, 0.25) is 0 Å². The highest BCUT2D eigenvalue weighted by molar-refractivity contribution is 4.98. The first-order chi connectivity index (χ1) is 6.26. The molecule has 1 N–H and O–H groups in total. The van der Waals surface area contributed by atoms with E-state index in [0.29, 0.717) is 6.04 Å². The van der Waals surface area contributed by atoms with E-state index in [1.54, 1.807) is 6.26 Å². The number of hydrogen-bond donors (Lipinski definition) is 1. The van der Waals surface area contributed by atoms with E-state index in [2.05, 4.69) is 24.1 Å². The largest absolute Gasteiger partial charge is 0.449 e. The third kappa shape index (κ3) is 3.19. The van der Waals surface area contributed by atoms with Gasteiger partial charge in [0, 0.05) is 18.9 Å². The maximum atomic E-state index is 5.31. The highest BCUT2D eigenvalue weighted by Gasteiger charge is 2.06. The van der Waals surface area contributed by atoms with Crippen molar-refractivity contribution < 1.29 is 4.42 Å². The van der Waals surface area contributed by atoms with Crippen LogP contribution in [0.2, 0.25) is 0 Å². The van der Waals surface area contributed by atoms with Gasteiger partial charge in [-0.15, -0.1) is 0 Å². The van der Waals surface area contributed by atoms with Gasteiger partial charge in [-0.2, -0.15) is 0 Å². The number of aryl methyl sites for hydroxylation is 1. The Labute approximate surface area is 79.5 Å². The molecule has 3 heteroatoms. The van der Waals surface area contributed by atoms with Gasteiger partial charge in [-0.05, 0) is 20.4 Å². The Morgan fingerprint density at radius 2 is 2.38 bits per heavy atom. The molecule has 0 fully saturated rings. The lowest BCUT2D eigenvalue weighted by atomic mass is 10.2. The van der Waals surface area contributed by atoms with Gasteiger partial charge in [-0.1, -0.05) is 6.92 Å². The molecule has 0 aliphatic heterocycles. The van der Waals surface area contributed by atoms with E-state index in [4.69, 9.17) is 4.42 Å². The number of nitrogens with one attached hydrogen (secondary N) is 1. The molecule has 1 aromatic rings. The molecule has 0 spiro atoms. The average molecular weight is 182 g/mol. The van der Waals surface area contributed by atoms with E-state index in [1.165, 1.54) is 0 Å². The fourth-order valence-electron chi connectivity index (χ4n) is 1.19. The van der Waals surface area contributed by atoms with Crippen molar-refractivity contribution in [2.45, 2.75) is 39.2 Å². The molecule has 1 atom stereocenters. The second-order valence-electron chi connectivity index (χ2n) is 3.38. The van der Waals surface area contributed by atoms with Crippen LogP contribution in [0, 0.1) is 0 Å². The first kappa shape index (κ1) is 10.3. The predicted octanol–water partition coefficient (Wildman–Crippen LogP) is 1.78. The molecule has 0 bridgehead atoms. The molecule has 0 aliphatic carbocycles. The summed E-state index contributed by atoms with van der Waals surface area (Å²) in [6, 6.07) is 0.458. The van der Waals surface area contributed by atoms with Gasteiger partial charge < -0.3 is 9.73 Å². The molecule has 74 valence electrons. The minimum Gasteiger partial charge on any atom is -0.449 e. The summed E-state index contributed by atoms with van der Waals surface area (Å²) in [5.41, 5.74) is 1.05. The normalized spacial score (nSPS) is 13.2. The zero-order valence-electron chi connectivity index (χ0n) is 8.63. The highest BCUT2D eigenvalue weighted by atomic mass is 16.3. The van der Waals surface area contributed by atoms with Gasteiger partial charge in [0.15, 0.2) is 5.89 Å².